The Bertz CT molecular complexity index is 798. The fourth-order valence-corrected chi connectivity index (χ4v) is 2.64. The Balaban J connectivity index is 2.04. The fourth-order valence-electron chi connectivity index (χ4n) is 2.64. The van der Waals surface area contributed by atoms with Crippen molar-refractivity contribution in [3.05, 3.63) is 28.3 Å². The normalized spacial score (nSPS) is 15.8. The van der Waals surface area contributed by atoms with Gasteiger partial charge in [-0.3, -0.25) is 19.1 Å². The number of rotatable bonds is 4. The summed E-state index contributed by atoms with van der Waals surface area (Å²) in [5.74, 6) is -1.51. The van der Waals surface area contributed by atoms with E-state index in [0.29, 0.717) is 26.3 Å². The van der Waals surface area contributed by atoms with Gasteiger partial charge in [0, 0.05) is 38.6 Å². The molecule has 9 nitrogen and oxygen atoms in total. The molecule has 3 N–H and O–H groups in total. The fraction of sp³-hybridized carbons (Fsp3) is 0.429. The smallest absolute Gasteiger partial charge is 0.269 e. The highest BCUT2D eigenvalue weighted by Crippen LogP contribution is 2.22. The summed E-state index contributed by atoms with van der Waals surface area (Å²) in [6.45, 7) is 3.76. The molecule has 9 heteroatoms. The Kier molecular flexibility index (Phi) is 4.22. The highest BCUT2D eigenvalue weighted by Gasteiger charge is 2.22. The summed E-state index contributed by atoms with van der Waals surface area (Å²) < 4.78 is 6.62. The van der Waals surface area contributed by atoms with Crippen LogP contribution in [0.1, 0.15) is 10.4 Å². The lowest BCUT2D eigenvalue weighted by Crippen LogP contribution is -2.40. The molecule has 1 fully saturated rings. The van der Waals surface area contributed by atoms with E-state index in [1.165, 1.54) is 17.0 Å². The maximum absolute atomic E-state index is 12.5. The number of fused-ring (bicyclic) bond motifs is 1. The Hall–Kier alpha value is -2.52. The molecular weight excluding hydrogens is 302 g/mol. The number of hydrogen-bond acceptors (Lipinski definition) is 7. The molecule has 1 saturated heterocycles. The summed E-state index contributed by atoms with van der Waals surface area (Å²) in [5.41, 5.74) is 4.43. The molecule has 3 heterocycles. The quantitative estimate of drug-likeness (QED) is 0.735. The standard InChI is InChI=1S/C14H17N5O4/c15-12(21)9-11(20)10-13(17-2-1-16-10)19(14(9)22)4-3-18-5-7-23-8-6-18/h1-2,20H,3-8H2,(H2,15,21). The largest absolute Gasteiger partial charge is 0.505 e. The van der Waals surface area contributed by atoms with Crippen LogP contribution in [0.5, 0.6) is 5.75 Å². The van der Waals surface area contributed by atoms with E-state index in [4.69, 9.17) is 10.5 Å². The molecule has 0 saturated carbocycles. The van der Waals surface area contributed by atoms with Gasteiger partial charge in [-0.25, -0.2) is 9.97 Å². The molecule has 0 spiro atoms. The number of primary amides is 1. The molecule has 23 heavy (non-hydrogen) atoms. The summed E-state index contributed by atoms with van der Waals surface area (Å²) in [7, 11) is 0. The predicted octanol–water partition coefficient (Wildman–Crippen LogP) is -1.07. The number of carbonyl (C=O) groups is 1. The van der Waals surface area contributed by atoms with E-state index in [1.807, 2.05) is 0 Å². The maximum Gasteiger partial charge on any atom is 0.269 e. The molecular formula is C14H17N5O4. The Morgan fingerprint density at radius 1 is 1.26 bits per heavy atom. The molecule has 122 valence electrons. The average molecular weight is 319 g/mol. The molecule has 3 rings (SSSR count). The number of aromatic hydroxyl groups is 1. The van der Waals surface area contributed by atoms with Gasteiger partial charge in [-0.2, -0.15) is 0 Å². The summed E-state index contributed by atoms with van der Waals surface area (Å²) in [4.78, 5) is 34.3. The van der Waals surface area contributed by atoms with Crippen molar-refractivity contribution in [3.8, 4) is 5.75 Å². The van der Waals surface area contributed by atoms with Gasteiger partial charge in [0.1, 0.15) is 11.1 Å². The van der Waals surface area contributed by atoms with Gasteiger partial charge in [-0.15, -0.1) is 0 Å². The first-order valence-corrected chi connectivity index (χ1v) is 7.26. The van der Waals surface area contributed by atoms with Gasteiger partial charge >= 0.3 is 0 Å². The number of morpholine rings is 1. The van der Waals surface area contributed by atoms with Crippen LogP contribution >= 0.6 is 0 Å². The summed E-state index contributed by atoms with van der Waals surface area (Å²) >= 11 is 0. The number of hydrogen-bond donors (Lipinski definition) is 2. The van der Waals surface area contributed by atoms with E-state index in [2.05, 4.69) is 14.9 Å². The molecule has 0 radical (unpaired) electrons. The van der Waals surface area contributed by atoms with Crippen molar-refractivity contribution in [2.24, 2.45) is 5.73 Å². The van der Waals surface area contributed by atoms with Gasteiger partial charge in [-0.05, 0) is 0 Å². The molecule has 2 aromatic rings. The van der Waals surface area contributed by atoms with Crippen LogP contribution in [0.15, 0.2) is 17.2 Å². The molecule has 0 atom stereocenters. The van der Waals surface area contributed by atoms with Crippen LogP contribution in [-0.4, -0.2) is 63.3 Å². The minimum atomic E-state index is -0.986. The molecule has 1 amide bonds. The van der Waals surface area contributed by atoms with Crippen LogP contribution in [0, 0.1) is 0 Å². The van der Waals surface area contributed by atoms with Crippen molar-refractivity contribution < 1.29 is 14.6 Å². The second-order valence-electron chi connectivity index (χ2n) is 5.23. The van der Waals surface area contributed by atoms with Crippen LogP contribution in [0.4, 0.5) is 0 Å². The molecule has 1 aliphatic heterocycles. The van der Waals surface area contributed by atoms with E-state index in [-0.39, 0.29) is 11.2 Å². The molecule has 0 aromatic carbocycles. The van der Waals surface area contributed by atoms with E-state index in [9.17, 15) is 14.7 Å². The van der Waals surface area contributed by atoms with Crippen LogP contribution in [-0.2, 0) is 11.3 Å². The SMILES string of the molecule is NC(=O)c1c(O)c2nccnc2n(CCN2CCOCC2)c1=O. The van der Waals surface area contributed by atoms with Crippen LogP contribution in [0.2, 0.25) is 0 Å². The number of amides is 1. The zero-order valence-electron chi connectivity index (χ0n) is 12.4. The number of nitrogens with zero attached hydrogens (tertiary/aromatic N) is 4. The Labute approximate surface area is 131 Å². The van der Waals surface area contributed by atoms with Gasteiger partial charge < -0.3 is 15.6 Å². The van der Waals surface area contributed by atoms with Gasteiger partial charge in [0.2, 0.25) is 0 Å². The maximum atomic E-state index is 12.5. The number of nitrogens with two attached hydrogens (primary N) is 1. The van der Waals surface area contributed by atoms with E-state index in [1.54, 1.807) is 0 Å². The summed E-state index contributed by atoms with van der Waals surface area (Å²) in [6.07, 6.45) is 2.81. The van der Waals surface area contributed by atoms with E-state index >= 15 is 0 Å². The van der Waals surface area contributed by atoms with E-state index in [0.717, 1.165) is 13.1 Å². The van der Waals surface area contributed by atoms with Crippen LogP contribution in [0.3, 0.4) is 0 Å². The molecule has 0 bridgehead atoms. The Morgan fingerprint density at radius 3 is 2.65 bits per heavy atom. The first-order valence-electron chi connectivity index (χ1n) is 7.26. The highest BCUT2D eigenvalue weighted by molar-refractivity contribution is 5.99. The lowest BCUT2D eigenvalue weighted by Gasteiger charge is -2.26. The molecule has 2 aromatic heterocycles. The number of ether oxygens (including phenoxy) is 1. The number of pyridine rings is 1. The van der Waals surface area contributed by atoms with Gasteiger partial charge in [-0.1, -0.05) is 0 Å². The second-order valence-corrected chi connectivity index (χ2v) is 5.23. The monoisotopic (exact) mass is 319 g/mol. The molecule has 1 aliphatic rings. The first kappa shape index (κ1) is 15.4. The number of aromatic nitrogens is 3. The van der Waals surface area contributed by atoms with Crippen molar-refractivity contribution in [1.29, 1.82) is 0 Å². The van der Waals surface area contributed by atoms with E-state index < -0.39 is 22.8 Å². The van der Waals surface area contributed by atoms with Crippen LogP contribution < -0.4 is 11.3 Å². The van der Waals surface area contributed by atoms with Gasteiger partial charge in [0.25, 0.3) is 11.5 Å². The van der Waals surface area contributed by atoms with Crippen molar-refractivity contribution in [3.63, 3.8) is 0 Å². The average Bonchev–Trinajstić information content (AvgIpc) is 2.55. The third kappa shape index (κ3) is 2.88. The van der Waals surface area contributed by atoms with Gasteiger partial charge in [0.05, 0.1) is 13.2 Å². The molecule has 0 unspecified atom stereocenters. The minimum Gasteiger partial charge on any atom is -0.505 e. The Morgan fingerprint density at radius 2 is 1.96 bits per heavy atom. The second kappa shape index (κ2) is 6.31. The zero-order valence-corrected chi connectivity index (χ0v) is 12.4. The number of carbonyl (C=O) groups excluding carboxylic acids is 1. The van der Waals surface area contributed by atoms with Crippen LogP contribution in [0.25, 0.3) is 11.2 Å². The summed E-state index contributed by atoms with van der Waals surface area (Å²) in [6, 6.07) is 0. The van der Waals surface area contributed by atoms with Crippen molar-refractivity contribution in [1.82, 2.24) is 19.4 Å². The minimum absolute atomic E-state index is 0.0860. The predicted molar refractivity (Wildman–Crippen MR) is 81.2 cm³/mol. The topological polar surface area (TPSA) is 124 Å². The lowest BCUT2D eigenvalue weighted by atomic mass is 10.2. The molecule has 0 aliphatic carbocycles. The first-order chi connectivity index (χ1) is 11.1. The third-order valence-electron chi connectivity index (χ3n) is 3.84. The zero-order chi connectivity index (χ0) is 16.4. The summed E-state index contributed by atoms with van der Waals surface area (Å²) in [5, 5.41) is 10.1. The van der Waals surface area contributed by atoms with Gasteiger partial charge in [0.15, 0.2) is 11.4 Å². The third-order valence-corrected chi connectivity index (χ3v) is 3.84. The lowest BCUT2D eigenvalue weighted by molar-refractivity contribution is 0.0364. The van der Waals surface area contributed by atoms with Crippen molar-refractivity contribution in [2.45, 2.75) is 6.54 Å². The van der Waals surface area contributed by atoms with Crippen molar-refractivity contribution in [2.75, 3.05) is 32.8 Å². The van der Waals surface area contributed by atoms with Crippen molar-refractivity contribution >= 4 is 17.1 Å². The highest BCUT2D eigenvalue weighted by atomic mass is 16.5.